The summed E-state index contributed by atoms with van der Waals surface area (Å²) in [7, 11) is -2.52. The van der Waals surface area contributed by atoms with Crippen LogP contribution in [0.4, 0.5) is 4.79 Å². The first-order valence-electron chi connectivity index (χ1n) is 7.64. The lowest BCUT2D eigenvalue weighted by Gasteiger charge is -2.11. The highest BCUT2D eigenvalue weighted by atomic mass is 32.2. The number of amides is 1. The number of nitriles is 1. The van der Waals surface area contributed by atoms with E-state index < -0.39 is 16.1 Å². The molecule has 0 unspecified atom stereocenters. The van der Waals surface area contributed by atoms with Gasteiger partial charge in [-0.2, -0.15) is 13.7 Å². The first-order chi connectivity index (χ1) is 12.8. The number of carboxylic acid groups (broad SMARTS) is 1. The summed E-state index contributed by atoms with van der Waals surface area (Å²) in [6.07, 6.45) is 1.68. The number of nitrogens with zero attached hydrogens (tertiary/aromatic N) is 4. The average molecular weight is 402 g/mol. The van der Waals surface area contributed by atoms with Crippen molar-refractivity contribution in [3.63, 3.8) is 0 Å². The van der Waals surface area contributed by atoms with Gasteiger partial charge < -0.3 is 10.0 Å². The highest BCUT2D eigenvalue weighted by Crippen LogP contribution is 2.30. The summed E-state index contributed by atoms with van der Waals surface area (Å²) in [6.45, 7) is -0.00254. The van der Waals surface area contributed by atoms with Crippen LogP contribution in [-0.2, 0) is 16.6 Å². The summed E-state index contributed by atoms with van der Waals surface area (Å²) < 4.78 is 27.3. The molecule has 0 aliphatic rings. The van der Waals surface area contributed by atoms with Crippen molar-refractivity contribution in [1.29, 1.82) is 5.26 Å². The molecule has 27 heavy (non-hydrogen) atoms. The molecule has 0 bridgehead atoms. The van der Waals surface area contributed by atoms with Crippen LogP contribution in [0.2, 0.25) is 0 Å². The number of rotatable bonds is 5. The van der Waals surface area contributed by atoms with Crippen molar-refractivity contribution >= 4 is 27.5 Å². The molecule has 0 radical (unpaired) electrons. The van der Waals surface area contributed by atoms with Crippen molar-refractivity contribution in [1.82, 2.24) is 13.9 Å². The van der Waals surface area contributed by atoms with E-state index in [2.05, 4.69) is 4.98 Å². The highest BCUT2D eigenvalue weighted by molar-refractivity contribution is 7.92. The summed E-state index contributed by atoms with van der Waals surface area (Å²) in [5.74, 6) is 0. The molecule has 0 aliphatic heterocycles. The number of thiophene rings is 1. The fourth-order valence-electron chi connectivity index (χ4n) is 2.53. The van der Waals surface area contributed by atoms with Gasteiger partial charge in [0, 0.05) is 25.0 Å². The Balaban J connectivity index is 2.21. The van der Waals surface area contributed by atoms with Gasteiger partial charge in [-0.1, -0.05) is 6.07 Å². The minimum Gasteiger partial charge on any atom is -0.465 e. The van der Waals surface area contributed by atoms with Crippen LogP contribution >= 0.6 is 11.3 Å². The van der Waals surface area contributed by atoms with Crippen LogP contribution in [0.3, 0.4) is 0 Å². The Morgan fingerprint density at radius 2 is 2.19 bits per heavy atom. The Hall–Kier alpha value is -3.16. The van der Waals surface area contributed by atoms with Crippen LogP contribution in [0.1, 0.15) is 11.3 Å². The summed E-state index contributed by atoms with van der Waals surface area (Å²) in [6, 6.07) is 9.84. The molecule has 0 spiro atoms. The molecular formula is C17H14N4O4S2. The molecule has 8 nitrogen and oxygen atoms in total. The largest absolute Gasteiger partial charge is 0.465 e. The van der Waals surface area contributed by atoms with Crippen molar-refractivity contribution in [2.24, 2.45) is 0 Å². The van der Waals surface area contributed by atoms with Crippen molar-refractivity contribution < 1.29 is 18.3 Å². The van der Waals surface area contributed by atoms with E-state index in [1.165, 1.54) is 25.5 Å². The van der Waals surface area contributed by atoms with Gasteiger partial charge in [-0.25, -0.2) is 13.8 Å². The molecule has 0 saturated carbocycles. The van der Waals surface area contributed by atoms with Gasteiger partial charge in [0.1, 0.15) is 16.0 Å². The second-order valence-electron chi connectivity index (χ2n) is 5.62. The molecular weight excluding hydrogens is 388 g/mol. The maximum absolute atomic E-state index is 13.1. The number of carbonyl (C=O) groups is 1. The summed E-state index contributed by atoms with van der Waals surface area (Å²) in [4.78, 5) is 16.1. The van der Waals surface area contributed by atoms with Crippen molar-refractivity contribution in [2.45, 2.75) is 10.8 Å². The van der Waals surface area contributed by atoms with Crippen LogP contribution in [0, 0.1) is 11.3 Å². The van der Waals surface area contributed by atoms with E-state index in [0.29, 0.717) is 11.1 Å². The minimum atomic E-state index is -3.90. The standard InChI is InChI=1S/C17H14N4O4S2/c1-20(17(22)23)10-12-8-15(13-4-2-6-19-14(13)9-18)21(11-12)27(24,25)16-5-3-7-26-16/h2-8,11H,10H2,1H3,(H,22,23). The Kier molecular flexibility index (Phi) is 4.98. The molecule has 3 rings (SSSR count). The molecule has 3 aromatic heterocycles. The smallest absolute Gasteiger partial charge is 0.407 e. The predicted molar refractivity (Wildman–Crippen MR) is 98.8 cm³/mol. The van der Waals surface area contributed by atoms with Crippen LogP contribution in [0.5, 0.6) is 0 Å². The first kappa shape index (κ1) is 18.6. The Morgan fingerprint density at radius 1 is 1.41 bits per heavy atom. The molecule has 0 aromatic carbocycles. The molecule has 0 fully saturated rings. The summed E-state index contributed by atoms with van der Waals surface area (Å²) in [5, 5.41) is 20.1. The van der Waals surface area contributed by atoms with Gasteiger partial charge in [0.25, 0.3) is 10.0 Å². The first-order valence-corrected chi connectivity index (χ1v) is 9.96. The van der Waals surface area contributed by atoms with Gasteiger partial charge in [-0.3, -0.25) is 0 Å². The van der Waals surface area contributed by atoms with Gasteiger partial charge in [-0.15, -0.1) is 11.3 Å². The lowest BCUT2D eigenvalue weighted by Crippen LogP contribution is -2.23. The summed E-state index contributed by atoms with van der Waals surface area (Å²) in [5.41, 5.74) is 1.16. The van der Waals surface area contributed by atoms with Gasteiger partial charge >= 0.3 is 6.09 Å². The third-order valence-corrected chi connectivity index (χ3v) is 6.83. The number of hydrogen-bond donors (Lipinski definition) is 1. The maximum Gasteiger partial charge on any atom is 0.407 e. The third kappa shape index (κ3) is 3.55. The fourth-order valence-corrected chi connectivity index (χ4v) is 5.00. The number of aromatic nitrogens is 2. The SMILES string of the molecule is CN(Cc1cc(-c2cccnc2C#N)n(S(=O)(=O)c2cccs2)c1)C(=O)O. The van der Waals surface area contributed by atoms with Gasteiger partial charge in [-0.05, 0) is 35.2 Å². The van der Waals surface area contributed by atoms with Crippen LogP contribution in [-0.4, -0.2) is 40.5 Å². The van der Waals surface area contributed by atoms with Crippen LogP contribution < -0.4 is 0 Å². The van der Waals surface area contributed by atoms with E-state index in [4.69, 9.17) is 5.11 Å². The summed E-state index contributed by atoms with van der Waals surface area (Å²) >= 11 is 1.07. The van der Waals surface area contributed by atoms with E-state index in [0.717, 1.165) is 20.2 Å². The second kappa shape index (κ2) is 7.22. The zero-order valence-corrected chi connectivity index (χ0v) is 15.7. The normalized spacial score (nSPS) is 11.1. The predicted octanol–water partition coefficient (Wildman–Crippen LogP) is 2.83. The van der Waals surface area contributed by atoms with E-state index in [1.54, 1.807) is 29.6 Å². The molecule has 3 aromatic rings. The Labute approximate surface area is 159 Å². The molecule has 138 valence electrons. The van der Waals surface area contributed by atoms with Crippen molar-refractivity contribution in [3.05, 3.63) is 59.4 Å². The molecule has 0 atom stereocenters. The van der Waals surface area contributed by atoms with Crippen LogP contribution in [0.25, 0.3) is 11.3 Å². The average Bonchev–Trinajstić information content (AvgIpc) is 3.32. The molecule has 1 N–H and O–H groups in total. The topological polar surface area (TPSA) is 116 Å². The monoisotopic (exact) mass is 402 g/mol. The number of pyridine rings is 1. The van der Waals surface area contributed by atoms with Gasteiger partial charge in [0.2, 0.25) is 0 Å². The number of hydrogen-bond acceptors (Lipinski definition) is 6. The van der Waals surface area contributed by atoms with Crippen molar-refractivity contribution in [3.8, 4) is 17.3 Å². The third-order valence-electron chi connectivity index (χ3n) is 3.79. The molecule has 0 aliphatic carbocycles. The Morgan fingerprint density at radius 3 is 2.81 bits per heavy atom. The van der Waals surface area contributed by atoms with E-state index in [1.807, 2.05) is 6.07 Å². The van der Waals surface area contributed by atoms with E-state index in [-0.39, 0.29) is 22.1 Å². The molecule has 10 heteroatoms. The van der Waals surface area contributed by atoms with E-state index >= 15 is 0 Å². The highest BCUT2D eigenvalue weighted by Gasteiger charge is 2.24. The lowest BCUT2D eigenvalue weighted by atomic mass is 10.1. The maximum atomic E-state index is 13.1. The van der Waals surface area contributed by atoms with Crippen LogP contribution in [0.15, 0.2) is 52.3 Å². The van der Waals surface area contributed by atoms with E-state index in [9.17, 15) is 18.5 Å². The molecule has 0 saturated heterocycles. The zero-order valence-electron chi connectivity index (χ0n) is 14.1. The minimum absolute atomic E-state index is 0.00254. The molecule has 3 heterocycles. The quantitative estimate of drug-likeness (QED) is 0.701. The van der Waals surface area contributed by atoms with Crippen molar-refractivity contribution in [2.75, 3.05) is 7.05 Å². The fraction of sp³-hybridized carbons (Fsp3) is 0.118. The van der Waals surface area contributed by atoms with Gasteiger partial charge in [0.05, 0.1) is 12.2 Å². The Bertz CT molecular complexity index is 1130. The van der Waals surface area contributed by atoms with Gasteiger partial charge in [0.15, 0.2) is 0 Å². The zero-order chi connectivity index (χ0) is 19.6. The molecule has 1 amide bonds. The second-order valence-corrected chi connectivity index (χ2v) is 8.61. The lowest BCUT2D eigenvalue weighted by molar-refractivity contribution is 0.154.